The fourth-order valence-corrected chi connectivity index (χ4v) is 4.91. The van der Waals surface area contributed by atoms with E-state index in [1.54, 1.807) is 18.5 Å². The summed E-state index contributed by atoms with van der Waals surface area (Å²) in [5, 5.41) is 8.26. The predicted octanol–water partition coefficient (Wildman–Crippen LogP) is 3.34. The van der Waals surface area contributed by atoms with E-state index in [2.05, 4.69) is 59.7 Å². The topological polar surface area (TPSA) is 91.3 Å². The van der Waals surface area contributed by atoms with Gasteiger partial charge in [-0.25, -0.2) is 15.0 Å². The molecule has 35 heavy (non-hydrogen) atoms. The van der Waals surface area contributed by atoms with Crippen LogP contribution in [-0.2, 0) is 11.3 Å². The molecule has 0 aliphatic carbocycles. The second-order valence-corrected chi connectivity index (χ2v) is 9.68. The largest absolute Gasteiger partial charge is 0.378 e. The first-order valence-corrected chi connectivity index (χ1v) is 13.0. The summed E-state index contributed by atoms with van der Waals surface area (Å²) in [4.78, 5) is 22.6. The first-order chi connectivity index (χ1) is 17.2. The molecule has 2 N–H and O–H groups in total. The highest BCUT2D eigenvalue weighted by molar-refractivity contribution is 7.99. The number of morpholine rings is 1. The molecule has 0 radical (unpaired) electrons. The van der Waals surface area contributed by atoms with Crippen molar-refractivity contribution < 1.29 is 4.74 Å². The number of rotatable bonds is 7. The molecule has 2 aromatic heterocycles. The summed E-state index contributed by atoms with van der Waals surface area (Å²) in [6.07, 6.45) is 5.98. The third-order valence-corrected chi connectivity index (χ3v) is 6.91. The van der Waals surface area contributed by atoms with Gasteiger partial charge in [0.1, 0.15) is 10.8 Å². The Morgan fingerprint density at radius 1 is 0.971 bits per heavy atom. The Kier molecular flexibility index (Phi) is 7.86. The number of hydrogen-bond acceptors (Lipinski definition) is 9. The van der Waals surface area contributed by atoms with E-state index in [4.69, 9.17) is 21.9 Å². The summed E-state index contributed by atoms with van der Waals surface area (Å²) in [6, 6.07) is 12.4. The van der Waals surface area contributed by atoms with E-state index >= 15 is 0 Å². The van der Waals surface area contributed by atoms with Gasteiger partial charge >= 0.3 is 0 Å². The van der Waals surface area contributed by atoms with Crippen LogP contribution in [0, 0.1) is 0 Å². The molecule has 1 aromatic carbocycles. The smallest absolute Gasteiger partial charge is 0.232 e. The minimum Gasteiger partial charge on any atom is -0.378 e. The second kappa shape index (κ2) is 11.6. The highest BCUT2D eigenvalue weighted by atomic mass is 32.2. The Bertz CT molecular complexity index is 1120. The van der Waals surface area contributed by atoms with Crippen molar-refractivity contribution in [3.05, 3.63) is 54.4 Å². The van der Waals surface area contributed by atoms with E-state index in [1.165, 1.54) is 30.3 Å². The van der Waals surface area contributed by atoms with Crippen LogP contribution in [0.4, 0.5) is 17.5 Å². The van der Waals surface area contributed by atoms with E-state index in [-0.39, 0.29) is 0 Å². The average Bonchev–Trinajstić information content (AvgIpc) is 3.44. The molecule has 5 rings (SSSR count). The molecular weight excluding hydrogens is 480 g/mol. The number of hydrogen-bond donors (Lipinski definition) is 2. The summed E-state index contributed by atoms with van der Waals surface area (Å²) in [6.45, 7) is 5.81. The molecule has 4 heterocycles. The van der Waals surface area contributed by atoms with Crippen LogP contribution in [0.1, 0.15) is 18.4 Å². The van der Waals surface area contributed by atoms with Gasteiger partial charge in [0.2, 0.25) is 5.95 Å². The molecule has 0 atom stereocenters. The minimum atomic E-state index is 0.439. The van der Waals surface area contributed by atoms with Crippen LogP contribution in [0.5, 0.6) is 0 Å². The van der Waals surface area contributed by atoms with Gasteiger partial charge in [-0.2, -0.15) is 4.98 Å². The van der Waals surface area contributed by atoms with Crippen molar-refractivity contribution in [2.45, 2.75) is 29.6 Å². The Hall–Kier alpha value is -3.02. The van der Waals surface area contributed by atoms with Gasteiger partial charge in [-0.3, -0.25) is 0 Å². The average molecular weight is 509 g/mol. The van der Waals surface area contributed by atoms with Crippen LogP contribution >= 0.6 is 24.0 Å². The lowest BCUT2D eigenvalue weighted by Gasteiger charge is -2.28. The summed E-state index contributed by atoms with van der Waals surface area (Å²) >= 11 is 6.94. The second-order valence-electron chi connectivity index (χ2n) is 8.29. The number of anilines is 3. The third kappa shape index (κ3) is 6.56. The lowest BCUT2D eigenvalue weighted by molar-refractivity contribution is 0.122. The van der Waals surface area contributed by atoms with Crippen LogP contribution in [0.15, 0.2) is 59.0 Å². The normalized spacial score (nSPS) is 15.8. The molecule has 0 unspecified atom stereocenters. The number of nitrogens with one attached hydrogen (secondary N) is 2. The van der Waals surface area contributed by atoms with Gasteiger partial charge < -0.3 is 25.2 Å². The molecule has 0 bridgehead atoms. The maximum Gasteiger partial charge on any atom is 0.232 e. The van der Waals surface area contributed by atoms with Gasteiger partial charge in [0.05, 0.1) is 13.2 Å². The fourth-order valence-electron chi connectivity index (χ4n) is 4.04. The number of benzene rings is 1. The fraction of sp³-hybridized carbons (Fsp3) is 0.375. The van der Waals surface area contributed by atoms with Crippen molar-refractivity contribution in [1.82, 2.24) is 25.3 Å². The summed E-state index contributed by atoms with van der Waals surface area (Å²) in [5.74, 6) is 1.26. The zero-order valence-corrected chi connectivity index (χ0v) is 21.0. The summed E-state index contributed by atoms with van der Waals surface area (Å²) < 4.78 is 5.49. The molecule has 0 amide bonds. The quantitative estimate of drug-likeness (QED) is 0.280. The Labute approximate surface area is 214 Å². The molecule has 0 spiro atoms. The summed E-state index contributed by atoms with van der Waals surface area (Å²) in [5.41, 5.74) is 2.45. The van der Waals surface area contributed by atoms with E-state index in [9.17, 15) is 0 Å². The van der Waals surface area contributed by atoms with Crippen molar-refractivity contribution in [2.75, 3.05) is 54.5 Å². The van der Waals surface area contributed by atoms with Crippen molar-refractivity contribution in [3.63, 3.8) is 0 Å². The predicted molar refractivity (Wildman–Crippen MR) is 142 cm³/mol. The van der Waals surface area contributed by atoms with Crippen LogP contribution in [-0.4, -0.2) is 64.4 Å². The van der Waals surface area contributed by atoms with Crippen LogP contribution < -0.4 is 20.4 Å². The zero-order valence-electron chi connectivity index (χ0n) is 19.4. The molecule has 11 heteroatoms. The maximum atomic E-state index is 5.55. The molecular formula is C24H28N8OS2. The Morgan fingerprint density at radius 3 is 2.46 bits per heavy atom. The summed E-state index contributed by atoms with van der Waals surface area (Å²) in [7, 11) is 0. The van der Waals surface area contributed by atoms with Crippen LogP contribution in [0.25, 0.3) is 0 Å². The number of aromatic nitrogens is 4. The molecule has 2 aliphatic heterocycles. The first-order valence-electron chi connectivity index (χ1n) is 11.8. The molecule has 9 nitrogen and oxygen atoms in total. The molecule has 3 aromatic rings. The van der Waals surface area contributed by atoms with E-state index in [0.29, 0.717) is 36.0 Å². The van der Waals surface area contributed by atoms with Gasteiger partial charge in [-0.15, -0.1) is 0 Å². The zero-order chi connectivity index (χ0) is 23.9. The molecule has 0 saturated carbocycles. The monoisotopic (exact) mass is 508 g/mol. The van der Waals surface area contributed by atoms with E-state index < -0.39 is 0 Å². The first kappa shape index (κ1) is 23.7. The van der Waals surface area contributed by atoms with Crippen molar-refractivity contribution in [1.29, 1.82) is 0 Å². The Balaban J connectivity index is 1.24. The molecule has 2 fully saturated rings. The standard InChI is InChI=1S/C24H28N8OS2/c34-23(27-17-18-4-6-19(7-5-18)31-10-1-2-11-31)30-22-28-20(32-12-14-33-15-13-32)16-21(29-22)35-24-25-8-3-9-26-24/h3-9,16H,1-2,10-15,17H2,(H2,27,28,29,30,34). The molecule has 2 aliphatic rings. The number of thiocarbonyl (C=S) groups is 1. The minimum absolute atomic E-state index is 0.439. The molecule has 2 saturated heterocycles. The van der Waals surface area contributed by atoms with E-state index in [1.807, 2.05) is 6.07 Å². The lowest BCUT2D eigenvalue weighted by atomic mass is 10.2. The van der Waals surface area contributed by atoms with Crippen molar-refractivity contribution in [2.24, 2.45) is 0 Å². The third-order valence-electron chi connectivity index (χ3n) is 5.85. The van der Waals surface area contributed by atoms with Gasteiger partial charge in [0.15, 0.2) is 10.3 Å². The van der Waals surface area contributed by atoms with Crippen LogP contribution in [0.3, 0.4) is 0 Å². The SMILES string of the molecule is S=C(NCc1ccc(N2CCCC2)cc1)Nc1nc(Sc2ncccn2)cc(N2CCOCC2)n1. The number of ether oxygens (including phenoxy) is 1. The van der Waals surface area contributed by atoms with Gasteiger partial charge in [-0.1, -0.05) is 12.1 Å². The van der Waals surface area contributed by atoms with Gasteiger partial charge in [0, 0.05) is 56.9 Å². The van der Waals surface area contributed by atoms with Crippen molar-refractivity contribution >= 4 is 46.5 Å². The van der Waals surface area contributed by atoms with E-state index in [0.717, 1.165) is 42.6 Å². The highest BCUT2D eigenvalue weighted by Gasteiger charge is 2.17. The lowest BCUT2D eigenvalue weighted by Crippen LogP contribution is -2.37. The van der Waals surface area contributed by atoms with Gasteiger partial charge in [0.25, 0.3) is 0 Å². The van der Waals surface area contributed by atoms with Crippen molar-refractivity contribution in [3.8, 4) is 0 Å². The maximum absolute atomic E-state index is 5.55. The highest BCUT2D eigenvalue weighted by Crippen LogP contribution is 2.27. The van der Waals surface area contributed by atoms with Crippen LogP contribution in [0.2, 0.25) is 0 Å². The van der Waals surface area contributed by atoms with Gasteiger partial charge in [-0.05, 0) is 60.6 Å². The Morgan fingerprint density at radius 2 is 1.71 bits per heavy atom. The molecule has 182 valence electrons. The number of nitrogens with zero attached hydrogens (tertiary/aromatic N) is 6.